The number of carbonyl (C=O) groups excluding carboxylic acids is 2. The number of sulfonamides is 1. The second-order valence-electron chi connectivity index (χ2n) is 7.25. The number of halogens is 1. The first-order valence-corrected chi connectivity index (χ1v) is 11.7. The molecule has 0 saturated heterocycles. The van der Waals surface area contributed by atoms with Crippen molar-refractivity contribution in [2.75, 3.05) is 20.3 Å². The van der Waals surface area contributed by atoms with Gasteiger partial charge in [-0.05, 0) is 51.1 Å². The topological polar surface area (TPSA) is 124 Å². The first-order valence-electron chi connectivity index (χ1n) is 9.79. The van der Waals surface area contributed by atoms with Crippen LogP contribution in [0.4, 0.5) is 0 Å². The minimum Gasteiger partial charge on any atom is -0.456 e. The predicted molar refractivity (Wildman–Crippen MR) is 118 cm³/mol. The lowest BCUT2D eigenvalue weighted by molar-refractivity contribution is -0.147. The van der Waals surface area contributed by atoms with Crippen LogP contribution in [0.3, 0.4) is 0 Å². The molecule has 32 heavy (non-hydrogen) atoms. The summed E-state index contributed by atoms with van der Waals surface area (Å²) in [6, 6.07) is 5.38. The summed E-state index contributed by atoms with van der Waals surface area (Å²) in [6.07, 6.45) is -1.40. The van der Waals surface area contributed by atoms with Gasteiger partial charge in [0.1, 0.15) is 6.04 Å². The maximum Gasteiger partial charge on any atom is 0.327 e. The molecule has 0 bridgehead atoms. The lowest BCUT2D eigenvalue weighted by Gasteiger charge is -2.20. The summed E-state index contributed by atoms with van der Waals surface area (Å²) in [5.41, 5.74) is 1.95. The van der Waals surface area contributed by atoms with Crippen LogP contribution in [0.1, 0.15) is 28.7 Å². The molecule has 0 aliphatic heterocycles. The van der Waals surface area contributed by atoms with Gasteiger partial charge in [-0.25, -0.2) is 8.42 Å². The van der Waals surface area contributed by atoms with Crippen molar-refractivity contribution in [2.45, 2.75) is 44.4 Å². The van der Waals surface area contributed by atoms with Crippen LogP contribution in [0.25, 0.3) is 0 Å². The predicted octanol–water partition coefficient (Wildman–Crippen LogP) is 1.86. The molecule has 1 aromatic heterocycles. The molecule has 11 heteroatoms. The summed E-state index contributed by atoms with van der Waals surface area (Å²) in [5, 5.41) is 10.3. The number of Topliss-reactive ketones (excluding diaryl/α,β-unsaturated/α-hetero) is 1. The molecule has 2 rings (SSSR count). The fourth-order valence-electron chi connectivity index (χ4n) is 3.11. The van der Waals surface area contributed by atoms with E-state index in [1.54, 1.807) is 20.1 Å². The number of nitrogens with zero attached hydrogens (tertiary/aromatic N) is 1. The van der Waals surface area contributed by atoms with Gasteiger partial charge in [0.25, 0.3) is 0 Å². The Morgan fingerprint density at radius 1 is 1.22 bits per heavy atom. The molecule has 2 atom stereocenters. The molecule has 0 aliphatic rings. The van der Waals surface area contributed by atoms with Crippen molar-refractivity contribution < 1.29 is 32.6 Å². The lowest BCUT2D eigenvalue weighted by Crippen LogP contribution is -2.48. The first-order chi connectivity index (χ1) is 15.0. The molecular weight excluding hydrogens is 460 g/mol. The number of aromatic nitrogens is 1. The van der Waals surface area contributed by atoms with Crippen molar-refractivity contribution in [2.24, 2.45) is 0 Å². The second kappa shape index (κ2) is 11.1. The normalized spacial score (nSPS) is 13.6. The van der Waals surface area contributed by atoms with Crippen LogP contribution < -0.4 is 4.72 Å². The van der Waals surface area contributed by atoms with Crippen molar-refractivity contribution >= 4 is 33.4 Å². The van der Waals surface area contributed by atoms with Gasteiger partial charge in [-0.1, -0.05) is 11.6 Å². The highest BCUT2D eigenvalue weighted by Gasteiger charge is 2.31. The van der Waals surface area contributed by atoms with Crippen LogP contribution in [0, 0.1) is 13.8 Å². The van der Waals surface area contributed by atoms with Gasteiger partial charge in [0.2, 0.25) is 15.8 Å². The Bertz CT molecular complexity index is 1060. The molecule has 176 valence electrons. The maximum absolute atomic E-state index is 12.6. The smallest absolute Gasteiger partial charge is 0.327 e. The van der Waals surface area contributed by atoms with Crippen molar-refractivity contribution in [3.63, 3.8) is 0 Å². The molecule has 2 N–H and O–H groups in total. The zero-order chi connectivity index (χ0) is 24.1. The van der Waals surface area contributed by atoms with E-state index in [-0.39, 0.29) is 4.90 Å². The second-order valence-corrected chi connectivity index (χ2v) is 9.40. The highest BCUT2D eigenvalue weighted by Crippen LogP contribution is 2.17. The van der Waals surface area contributed by atoms with Gasteiger partial charge in [0.15, 0.2) is 6.61 Å². The number of aliphatic hydroxyl groups is 1. The summed E-state index contributed by atoms with van der Waals surface area (Å²) in [4.78, 5) is 24.9. The summed E-state index contributed by atoms with van der Waals surface area (Å²) in [6.45, 7) is 5.30. The van der Waals surface area contributed by atoms with E-state index < -0.39 is 40.5 Å². The number of ketones is 1. The number of rotatable bonds is 11. The number of carbonyl (C=O) groups is 2. The van der Waals surface area contributed by atoms with Gasteiger partial charge < -0.3 is 19.1 Å². The Morgan fingerprint density at radius 2 is 1.84 bits per heavy atom. The minimum atomic E-state index is -4.14. The van der Waals surface area contributed by atoms with Crippen molar-refractivity contribution in [1.82, 2.24) is 9.29 Å². The number of nitrogens with one attached hydrogen (secondary N) is 1. The fourth-order valence-corrected chi connectivity index (χ4v) is 4.49. The van der Waals surface area contributed by atoms with Crippen molar-refractivity contribution in [3.05, 3.63) is 52.3 Å². The van der Waals surface area contributed by atoms with Gasteiger partial charge in [0, 0.05) is 35.6 Å². The number of methoxy groups -OCH3 is 1. The Hall–Kier alpha value is -2.24. The van der Waals surface area contributed by atoms with Crippen LogP contribution >= 0.6 is 11.6 Å². The number of aryl methyl sites for hydroxylation is 1. The van der Waals surface area contributed by atoms with Gasteiger partial charge in [-0.3, -0.25) is 9.59 Å². The molecule has 0 spiro atoms. The number of hydrogen-bond donors (Lipinski definition) is 2. The highest BCUT2D eigenvalue weighted by molar-refractivity contribution is 7.89. The summed E-state index contributed by atoms with van der Waals surface area (Å²) < 4.78 is 39.2. The Labute approximate surface area is 192 Å². The number of hydrogen-bond acceptors (Lipinski definition) is 7. The molecule has 0 radical (unpaired) electrons. The van der Waals surface area contributed by atoms with Crippen LogP contribution in [-0.2, 0) is 30.8 Å². The highest BCUT2D eigenvalue weighted by atomic mass is 35.5. The molecule has 0 saturated carbocycles. The van der Waals surface area contributed by atoms with E-state index in [0.717, 1.165) is 5.69 Å². The molecule has 9 nitrogen and oxygen atoms in total. The lowest BCUT2D eigenvalue weighted by atomic mass is 10.1. The summed E-state index contributed by atoms with van der Waals surface area (Å²) >= 11 is 5.77. The fraction of sp³-hybridized carbons (Fsp3) is 0.429. The molecule has 0 aliphatic carbocycles. The average Bonchev–Trinajstić information content (AvgIpc) is 3.02. The van der Waals surface area contributed by atoms with E-state index in [2.05, 4.69) is 4.72 Å². The minimum absolute atomic E-state index is 0.139. The molecule has 2 aromatic rings. The van der Waals surface area contributed by atoms with Crippen LogP contribution in [0.5, 0.6) is 0 Å². The Morgan fingerprint density at radius 3 is 2.41 bits per heavy atom. The van der Waals surface area contributed by atoms with Gasteiger partial charge >= 0.3 is 5.97 Å². The largest absolute Gasteiger partial charge is 0.456 e. The number of ether oxygens (including phenoxy) is 2. The third-order valence-corrected chi connectivity index (χ3v) is 6.59. The number of esters is 1. The van der Waals surface area contributed by atoms with E-state index in [1.165, 1.54) is 31.2 Å². The third-order valence-electron chi connectivity index (χ3n) is 4.88. The van der Waals surface area contributed by atoms with Gasteiger partial charge in [0.05, 0.1) is 17.6 Å². The zero-order valence-electron chi connectivity index (χ0n) is 18.3. The van der Waals surface area contributed by atoms with Gasteiger partial charge in [-0.2, -0.15) is 4.72 Å². The van der Waals surface area contributed by atoms with Crippen LogP contribution in [-0.4, -0.2) is 62.3 Å². The standard InChI is InChI=1S/C21H27ClN2O7S/c1-13-11-18(14(2)24(13)9-10-30-4)19(26)12-31-21(27)20(15(3)25)23-32(28,29)17-7-5-16(22)6-8-17/h5-8,11,15,20,23,25H,9-10,12H2,1-4H3/t15-,20+/m1/s1. The Balaban J connectivity index is 2.09. The molecular formula is C21H27ClN2O7S. The van der Waals surface area contributed by atoms with Crippen molar-refractivity contribution in [3.8, 4) is 0 Å². The monoisotopic (exact) mass is 486 g/mol. The van der Waals surface area contributed by atoms with Crippen molar-refractivity contribution in [1.29, 1.82) is 0 Å². The first kappa shape index (κ1) is 26.0. The molecule has 0 unspecified atom stereocenters. The summed E-state index contributed by atoms with van der Waals surface area (Å²) in [5.74, 6) is -1.51. The summed E-state index contributed by atoms with van der Waals surface area (Å²) in [7, 11) is -2.56. The van der Waals surface area contributed by atoms with E-state index >= 15 is 0 Å². The van der Waals surface area contributed by atoms with Crippen LogP contribution in [0.15, 0.2) is 35.2 Å². The van der Waals surface area contributed by atoms with Crippen LogP contribution in [0.2, 0.25) is 5.02 Å². The quantitative estimate of drug-likeness (QED) is 0.367. The zero-order valence-corrected chi connectivity index (χ0v) is 19.9. The maximum atomic E-state index is 12.6. The molecule has 1 heterocycles. The van der Waals surface area contributed by atoms with E-state index in [4.69, 9.17) is 21.1 Å². The number of aliphatic hydroxyl groups excluding tert-OH is 1. The third kappa shape index (κ3) is 6.39. The SMILES string of the molecule is COCCn1c(C)cc(C(=O)COC(=O)[C@@H](NS(=O)(=O)c2ccc(Cl)cc2)[C@@H](C)O)c1C. The number of benzene rings is 1. The molecule has 0 fully saturated rings. The average molecular weight is 487 g/mol. The van der Waals surface area contributed by atoms with Gasteiger partial charge in [-0.15, -0.1) is 0 Å². The molecule has 0 amide bonds. The Kier molecular flexibility index (Phi) is 8.99. The van der Waals surface area contributed by atoms with E-state index in [9.17, 15) is 23.1 Å². The molecule has 1 aromatic carbocycles. The van der Waals surface area contributed by atoms with E-state index in [0.29, 0.717) is 29.4 Å². The van der Waals surface area contributed by atoms with E-state index in [1.807, 2.05) is 11.5 Å².